The Hall–Kier alpha value is -1.50. The fourth-order valence-corrected chi connectivity index (χ4v) is 2.28. The first-order chi connectivity index (χ1) is 9.72. The van der Waals surface area contributed by atoms with Gasteiger partial charge in [0, 0.05) is 23.2 Å². The maximum Gasteiger partial charge on any atom is 0.204 e. The van der Waals surface area contributed by atoms with Crippen LogP contribution in [-0.4, -0.2) is 50.9 Å². The van der Waals surface area contributed by atoms with Crippen LogP contribution in [0.1, 0.15) is 6.92 Å². The van der Waals surface area contributed by atoms with Gasteiger partial charge in [-0.25, -0.2) is 0 Å². The highest BCUT2D eigenvalue weighted by atomic mass is 35.5. The van der Waals surface area contributed by atoms with Crippen LogP contribution in [0.4, 0.5) is 0 Å². The lowest BCUT2D eigenvalue weighted by Crippen LogP contribution is -2.44. The lowest BCUT2D eigenvalue weighted by Gasteiger charge is -2.32. The van der Waals surface area contributed by atoms with E-state index in [1.807, 2.05) is 24.3 Å². The predicted octanol–water partition coefficient (Wildman–Crippen LogP) is 1.67. The molecule has 20 heavy (non-hydrogen) atoms. The quantitative estimate of drug-likeness (QED) is 0.862. The van der Waals surface area contributed by atoms with Crippen LogP contribution < -0.4 is 0 Å². The molecule has 1 aliphatic rings. The zero-order valence-corrected chi connectivity index (χ0v) is 12.0. The number of morpholine rings is 1. The molecule has 1 saturated heterocycles. The topological polar surface area (TPSA) is 56.1 Å². The molecule has 2 heterocycles. The minimum Gasteiger partial charge on any atom is -0.379 e. The summed E-state index contributed by atoms with van der Waals surface area (Å²) in [6, 6.07) is 7.79. The van der Waals surface area contributed by atoms with Gasteiger partial charge >= 0.3 is 0 Å². The SMILES string of the molecule is C[C@H]1COCCN1Cn1nnc(-c2ccc(Cl)cc2)n1. The van der Waals surface area contributed by atoms with Crippen LogP contribution >= 0.6 is 11.6 Å². The van der Waals surface area contributed by atoms with Crippen LogP contribution in [-0.2, 0) is 11.4 Å². The molecule has 1 fully saturated rings. The molecule has 1 aromatic heterocycles. The molecule has 0 saturated carbocycles. The van der Waals surface area contributed by atoms with Gasteiger partial charge < -0.3 is 4.74 Å². The van der Waals surface area contributed by atoms with Crippen molar-refractivity contribution in [2.45, 2.75) is 19.6 Å². The van der Waals surface area contributed by atoms with E-state index >= 15 is 0 Å². The predicted molar refractivity (Wildman–Crippen MR) is 75.3 cm³/mol. The molecule has 0 aliphatic carbocycles. The van der Waals surface area contributed by atoms with Gasteiger partial charge in [0.2, 0.25) is 5.82 Å². The van der Waals surface area contributed by atoms with Crippen molar-refractivity contribution in [2.75, 3.05) is 19.8 Å². The largest absolute Gasteiger partial charge is 0.379 e. The van der Waals surface area contributed by atoms with Crippen molar-refractivity contribution in [3.8, 4) is 11.4 Å². The fraction of sp³-hybridized carbons (Fsp3) is 0.462. The lowest BCUT2D eigenvalue weighted by atomic mass is 10.2. The molecule has 1 aromatic carbocycles. The molecule has 7 heteroatoms. The first-order valence-corrected chi connectivity index (χ1v) is 6.96. The maximum atomic E-state index is 5.87. The van der Waals surface area contributed by atoms with Gasteiger partial charge in [0.05, 0.1) is 13.2 Å². The number of ether oxygens (including phenoxy) is 1. The van der Waals surface area contributed by atoms with E-state index in [2.05, 4.69) is 27.2 Å². The molecular formula is C13H16ClN5O. The Balaban J connectivity index is 1.71. The molecule has 0 radical (unpaired) electrons. The first kappa shape index (κ1) is 13.5. The van der Waals surface area contributed by atoms with Crippen LogP contribution in [0.5, 0.6) is 0 Å². The molecule has 1 aliphatic heterocycles. The summed E-state index contributed by atoms with van der Waals surface area (Å²) in [5.74, 6) is 0.613. The average molecular weight is 294 g/mol. The third-order valence-electron chi connectivity index (χ3n) is 3.37. The van der Waals surface area contributed by atoms with E-state index in [0.29, 0.717) is 23.6 Å². The molecule has 0 unspecified atom stereocenters. The molecule has 0 spiro atoms. The molecule has 106 valence electrons. The highest BCUT2D eigenvalue weighted by Gasteiger charge is 2.19. The number of nitrogens with zero attached hydrogens (tertiary/aromatic N) is 5. The van der Waals surface area contributed by atoms with Crippen molar-refractivity contribution >= 4 is 11.6 Å². The van der Waals surface area contributed by atoms with Crippen LogP contribution in [0.15, 0.2) is 24.3 Å². The molecule has 1 atom stereocenters. The smallest absolute Gasteiger partial charge is 0.204 e. The van der Waals surface area contributed by atoms with Gasteiger partial charge in [-0.2, -0.15) is 0 Å². The number of halogens is 1. The van der Waals surface area contributed by atoms with Gasteiger partial charge in [0.15, 0.2) is 0 Å². The van der Waals surface area contributed by atoms with E-state index < -0.39 is 0 Å². The highest BCUT2D eigenvalue weighted by Crippen LogP contribution is 2.17. The van der Waals surface area contributed by atoms with Crippen molar-refractivity contribution in [3.05, 3.63) is 29.3 Å². The zero-order chi connectivity index (χ0) is 13.9. The Morgan fingerprint density at radius 3 is 2.90 bits per heavy atom. The second-order valence-electron chi connectivity index (χ2n) is 4.87. The van der Waals surface area contributed by atoms with Crippen molar-refractivity contribution < 1.29 is 4.74 Å². The van der Waals surface area contributed by atoms with E-state index in [4.69, 9.17) is 16.3 Å². The summed E-state index contributed by atoms with van der Waals surface area (Å²) >= 11 is 5.87. The highest BCUT2D eigenvalue weighted by molar-refractivity contribution is 6.30. The van der Waals surface area contributed by atoms with Crippen molar-refractivity contribution in [3.63, 3.8) is 0 Å². The normalized spacial score (nSPS) is 20.2. The average Bonchev–Trinajstić information content (AvgIpc) is 2.91. The minimum absolute atomic E-state index is 0.369. The Bertz CT molecular complexity index is 570. The monoisotopic (exact) mass is 293 g/mol. The van der Waals surface area contributed by atoms with Crippen LogP contribution in [0.3, 0.4) is 0 Å². The summed E-state index contributed by atoms with van der Waals surface area (Å²) in [7, 11) is 0. The first-order valence-electron chi connectivity index (χ1n) is 6.58. The molecule has 0 N–H and O–H groups in total. The van der Waals surface area contributed by atoms with E-state index in [9.17, 15) is 0 Å². The summed E-state index contributed by atoms with van der Waals surface area (Å²) < 4.78 is 5.42. The molecule has 6 nitrogen and oxygen atoms in total. The number of hydrogen-bond donors (Lipinski definition) is 0. The molecule has 0 bridgehead atoms. The number of tetrazole rings is 1. The molecule has 3 rings (SSSR count). The molecular weight excluding hydrogens is 278 g/mol. The number of hydrogen-bond acceptors (Lipinski definition) is 5. The van der Waals surface area contributed by atoms with E-state index in [1.54, 1.807) is 4.80 Å². The second kappa shape index (κ2) is 5.87. The van der Waals surface area contributed by atoms with E-state index in [-0.39, 0.29) is 0 Å². The summed E-state index contributed by atoms with van der Waals surface area (Å²) in [6.45, 7) is 5.15. The van der Waals surface area contributed by atoms with Gasteiger partial charge in [0.1, 0.15) is 6.67 Å². The van der Waals surface area contributed by atoms with E-state index in [0.717, 1.165) is 25.3 Å². The number of rotatable bonds is 3. The van der Waals surface area contributed by atoms with Crippen molar-refractivity contribution in [1.82, 2.24) is 25.1 Å². The molecule has 2 aromatic rings. The number of benzene rings is 1. The van der Waals surface area contributed by atoms with Gasteiger partial charge in [-0.1, -0.05) is 11.6 Å². The van der Waals surface area contributed by atoms with Crippen molar-refractivity contribution in [2.24, 2.45) is 0 Å². The minimum atomic E-state index is 0.369. The second-order valence-corrected chi connectivity index (χ2v) is 5.31. The fourth-order valence-electron chi connectivity index (χ4n) is 2.15. The van der Waals surface area contributed by atoms with Gasteiger partial charge in [-0.05, 0) is 36.4 Å². The maximum absolute atomic E-state index is 5.87. The van der Waals surface area contributed by atoms with Crippen LogP contribution in [0.2, 0.25) is 5.02 Å². The van der Waals surface area contributed by atoms with Crippen LogP contribution in [0.25, 0.3) is 11.4 Å². The van der Waals surface area contributed by atoms with Gasteiger partial charge in [-0.3, -0.25) is 4.90 Å². The van der Waals surface area contributed by atoms with Gasteiger partial charge in [-0.15, -0.1) is 15.0 Å². The Kier molecular flexibility index (Phi) is 3.95. The third kappa shape index (κ3) is 2.98. The lowest BCUT2D eigenvalue weighted by molar-refractivity contribution is -0.0198. The Labute approximate surface area is 122 Å². The molecule has 0 amide bonds. The summed E-state index contributed by atoms with van der Waals surface area (Å²) in [6.07, 6.45) is 0. The van der Waals surface area contributed by atoms with Crippen LogP contribution in [0, 0.1) is 0 Å². The summed E-state index contributed by atoms with van der Waals surface area (Å²) in [4.78, 5) is 3.89. The van der Waals surface area contributed by atoms with Gasteiger partial charge in [0.25, 0.3) is 0 Å². The summed E-state index contributed by atoms with van der Waals surface area (Å²) in [5, 5.41) is 13.3. The Morgan fingerprint density at radius 1 is 1.35 bits per heavy atom. The third-order valence-corrected chi connectivity index (χ3v) is 3.62. The number of aromatic nitrogens is 4. The van der Waals surface area contributed by atoms with Crippen molar-refractivity contribution in [1.29, 1.82) is 0 Å². The standard InChI is InChI=1S/C13H16ClN5O/c1-10-8-20-7-6-18(10)9-19-16-13(15-17-19)11-2-4-12(14)5-3-11/h2-5,10H,6-9H2,1H3/t10-/m0/s1. The van der Waals surface area contributed by atoms with E-state index in [1.165, 1.54) is 0 Å². The Morgan fingerprint density at radius 2 is 2.15 bits per heavy atom. The summed E-state index contributed by atoms with van der Waals surface area (Å²) in [5.41, 5.74) is 0.913. The zero-order valence-electron chi connectivity index (χ0n) is 11.2.